The molecular weight excluding hydrogens is 210 g/mol. The second-order valence-electron chi connectivity index (χ2n) is 4.62. The molecule has 1 aliphatic heterocycles. The number of ether oxygens (including phenoxy) is 1. The van der Waals surface area contributed by atoms with Gasteiger partial charge in [0.25, 0.3) is 0 Å². The lowest BCUT2D eigenvalue weighted by Crippen LogP contribution is -2.23. The number of nitriles is 1. The zero-order valence-corrected chi connectivity index (χ0v) is 10.1. The van der Waals surface area contributed by atoms with E-state index < -0.39 is 0 Å². The van der Waals surface area contributed by atoms with Gasteiger partial charge in [0.2, 0.25) is 0 Å². The summed E-state index contributed by atoms with van der Waals surface area (Å²) in [6.45, 7) is 6.94. The van der Waals surface area contributed by atoms with E-state index in [0.717, 1.165) is 25.0 Å². The van der Waals surface area contributed by atoms with Gasteiger partial charge in [0.15, 0.2) is 0 Å². The molecule has 0 N–H and O–H groups in total. The van der Waals surface area contributed by atoms with Crippen LogP contribution in [-0.2, 0) is 4.74 Å². The Balaban J connectivity index is 2.24. The first kappa shape index (κ1) is 11.9. The average Bonchev–Trinajstić information content (AvgIpc) is 2.39. The lowest BCUT2D eigenvalue weighted by atomic mass is 9.85. The molecule has 1 aromatic rings. The average molecular weight is 227 g/mol. The molecule has 2 nitrogen and oxygen atoms in total. The molecule has 0 amide bonds. The van der Waals surface area contributed by atoms with Crippen LogP contribution in [0.1, 0.15) is 37.0 Å². The van der Waals surface area contributed by atoms with E-state index in [1.807, 2.05) is 24.3 Å². The predicted octanol–water partition coefficient (Wildman–Crippen LogP) is 3.60. The monoisotopic (exact) mass is 227 g/mol. The van der Waals surface area contributed by atoms with Crippen LogP contribution in [0.5, 0.6) is 0 Å². The molecule has 0 spiro atoms. The number of hydrogen-bond donors (Lipinski definition) is 0. The molecule has 2 rings (SSSR count). The third-order valence-corrected chi connectivity index (χ3v) is 3.32. The number of nitrogens with zero attached hydrogens (tertiary/aromatic N) is 1. The molecule has 1 fully saturated rings. The third-order valence-electron chi connectivity index (χ3n) is 3.32. The summed E-state index contributed by atoms with van der Waals surface area (Å²) in [5.74, 6) is 0.400. The molecule has 0 radical (unpaired) electrons. The maximum atomic E-state index is 8.78. The Hall–Kier alpha value is -1.59. The van der Waals surface area contributed by atoms with Gasteiger partial charge in [-0.2, -0.15) is 5.26 Å². The standard InChI is InChI=1S/C15H17NO/c1-11(2)14-4-3-9-17-15(14)13-7-5-12(10-16)6-8-13/h5-8,14-15H,1,3-4,9H2,2H3/t14-,15-/m0/s1. The van der Waals surface area contributed by atoms with Crippen LogP contribution in [-0.4, -0.2) is 6.61 Å². The minimum absolute atomic E-state index is 0.106. The van der Waals surface area contributed by atoms with Crippen LogP contribution in [0.2, 0.25) is 0 Å². The number of benzene rings is 1. The summed E-state index contributed by atoms with van der Waals surface area (Å²) >= 11 is 0. The van der Waals surface area contributed by atoms with Gasteiger partial charge in [0, 0.05) is 12.5 Å². The highest BCUT2D eigenvalue weighted by Crippen LogP contribution is 2.37. The lowest BCUT2D eigenvalue weighted by molar-refractivity contribution is -0.0160. The molecule has 2 atom stereocenters. The fourth-order valence-electron chi connectivity index (χ4n) is 2.36. The minimum atomic E-state index is 0.106. The fourth-order valence-corrected chi connectivity index (χ4v) is 2.36. The SMILES string of the molecule is C=C(C)[C@@H]1CCCO[C@H]1c1ccc(C#N)cc1. The highest BCUT2D eigenvalue weighted by molar-refractivity contribution is 5.33. The van der Waals surface area contributed by atoms with Crippen LogP contribution in [0.25, 0.3) is 0 Å². The molecule has 1 aromatic carbocycles. The van der Waals surface area contributed by atoms with E-state index in [1.54, 1.807) is 0 Å². The van der Waals surface area contributed by atoms with Crippen molar-refractivity contribution in [2.45, 2.75) is 25.9 Å². The second-order valence-corrected chi connectivity index (χ2v) is 4.62. The lowest BCUT2D eigenvalue weighted by Gasteiger charge is -2.32. The van der Waals surface area contributed by atoms with Crippen molar-refractivity contribution in [1.29, 1.82) is 5.26 Å². The molecule has 0 aromatic heterocycles. The third kappa shape index (κ3) is 2.57. The van der Waals surface area contributed by atoms with E-state index in [1.165, 1.54) is 5.57 Å². The van der Waals surface area contributed by atoms with Crippen molar-refractivity contribution < 1.29 is 4.74 Å². The van der Waals surface area contributed by atoms with Crippen molar-refractivity contribution in [2.24, 2.45) is 5.92 Å². The fraction of sp³-hybridized carbons (Fsp3) is 0.400. The van der Waals surface area contributed by atoms with Gasteiger partial charge in [-0.15, -0.1) is 0 Å². The number of hydrogen-bond acceptors (Lipinski definition) is 2. The van der Waals surface area contributed by atoms with E-state index >= 15 is 0 Å². The summed E-state index contributed by atoms with van der Waals surface area (Å²) in [5.41, 5.74) is 3.02. The first-order chi connectivity index (χ1) is 8.22. The van der Waals surface area contributed by atoms with Crippen LogP contribution in [0, 0.1) is 17.2 Å². The van der Waals surface area contributed by atoms with Gasteiger partial charge in [-0.05, 0) is 37.5 Å². The quantitative estimate of drug-likeness (QED) is 0.723. The van der Waals surface area contributed by atoms with Gasteiger partial charge < -0.3 is 4.74 Å². The Morgan fingerprint density at radius 3 is 2.71 bits per heavy atom. The molecule has 1 heterocycles. The molecule has 17 heavy (non-hydrogen) atoms. The second kappa shape index (κ2) is 5.16. The smallest absolute Gasteiger partial charge is 0.0991 e. The number of rotatable bonds is 2. The molecule has 0 aliphatic carbocycles. The summed E-state index contributed by atoms with van der Waals surface area (Å²) in [6, 6.07) is 9.81. The van der Waals surface area contributed by atoms with Gasteiger partial charge in [0.1, 0.15) is 0 Å². The summed E-state index contributed by atoms with van der Waals surface area (Å²) < 4.78 is 5.87. The van der Waals surface area contributed by atoms with E-state index in [0.29, 0.717) is 11.5 Å². The van der Waals surface area contributed by atoms with Crippen molar-refractivity contribution in [2.75, 3.05) is 6.61 Å². The van der Waals surface area contributed by atoms with Crippen molar-refractivity contribution in [3.8, 4) is 6.07 Å². The first-order valence-corrected chi connectivity index (χ1v) is 5.99. The van der Waals surface area contributed by atoms with E-state index in [-0.39, 0.29) is 6.10 Å². The van der Waals surface area contributed by atoms with Gasteiger partial charge in [-0.1, -0.05) is 24.3 Å². The van der Waals surface area contributed by atoms with Gasteiger partial charge in [0.05, 0.1) is 17.7 Å². The Bertz CT molecular complexity index is 441. The summed E-state index contributed by atoms with van der Waals surface area (Å²) in [5, 5.41) is 8.78. The Morgan fingerprint density at radius 2 is 2.12 bits per heavy atom. The van der Waals surface area contributed by atoms with Crippen LogP contribution >= 0.6 is 0 Å². The summed E-state index contributed by atoms with van der Waals surface area (Å²) in [4.78, 5) is 0. The summed E-state index contributed by atoms with van der Waals surface area (Å²) in [7, 11) is 0. The highest BCUT2D eigenvalue weighted by Gasteiger charge is 2.27. The maximum absolute atomic E-state index is 8.78. The van der Waals surface area contributed by atoms with Crippen LogP contribution in [0.4, 0.5) is 0 Å². The van der Waals surface area contributed by atoms with Gasteiger partial charge >= 0.3 is 0 Å². The zero-order valence-electron chi connectivity index (χ0n) is 10.1. The van der Waals surface area contributed by atoms with Crippen LogP contribution in [0.3, 0.4) is 0 Å². The van der Waals surface area contributed by atoms with Gasteiger partial charge in [-0.3, -0.25) is 0 Å². The summed E-state index contributed by atoms with van der Waals surface area (Å²) in [6.07, 6.45) is 2.35. The zero-order chi connectivity index (χ0) is 12.3. The predicted molar refractivity (Wildman–Crippen MR) is 67.4 cm³/mol. The molecule has 0 bridgehead atoms. The molecule has 1 saturated heterocycles. The van der Waals surface area contributed by atoms with Crippen molar-refractivity contribution in [1.82, 2.24) is 0 Å². The van der Waals surface area contributed by atoms with Crippen molar-refractivity contribution >= 4 is 0 Å². The van der Waals surface area contributed by atoms with E-state index in [4.69, 9.17) is 10.00 Å². The Kier molecular flexibility index (Phi) is 3.61. The normalized spacial score (nSPS) is 24.0. The van der Waals surface area contributed by atoms with Crippen molar-refractivity contribution in [3.05, 3.63) is 47.5 Å². The molecule has 0 unspecified atom stereocenters. The van der Waals surface area contributed by atoms with Crippen LogP contribution < -0.4 is 0 Å². The van der Waals surface area contributed by atoms with Crippen molar-refractivity contribution in [3.63, 3.8) is 0 Å². The maximum Gasteiger partial charge on any atom is 0.0991 e. The first-order valence-electron chi connectivity index (χ1n) is 5.99. The van der Waals surface area contributed by atoms with Gasteiger partial charge in [-0.25, -0.2) is 0 Å². The van der Waals surface area contributed by atoms with E-state index in [9.17, 15) is 0 Å². The van der Waals surface area contributed by atoms with Crippen LogP contribution in [0.15, 0.2) is 36.4 Å². The molecule has 1 aliphatic rings. The Labute approximate surface area is 103 Å². The molecular formula is C15H17NO. The van der Waals surface area contributed by atoms with E-state index in [2.05, 4.69) is 19.6 Å². The molecule has 88 valence electrons. The largest absolute Gasteiger partial charge is 0.373 e. The highest BCUT2D eigenvalue weighted by atomic mass is 16.5. The minimum Gasteiger partial charge on any atom is -0.373 e. The molecule has 2 heteroatoms. The Morgan fingerprint density at radius 1 is 1.41 bits per heavy atom. The topological polar surface area (TPSA) is 33.0 Å². The molecule has 0 saturated carbocycles.